The van der Waals surface area contributed by atoms with Gasteiger partial charge in [-0.05, 0) is 6.92 Å². The molecule has 0 spiro atoms. The van der Waals surface area contributed by atoms with Crippen molar-refractivity contribution in [2.75, 3.05) is 32.7 Å². The van der Waals surface area contributed by atoms with Crippen LogP contribution in [0.4, 0.5) is 0 Å². The molecule has 0 saturated carbocycles. The summed E-state index contributed by atoms with van der Waals surface area (Å²) in [5, 5.41) is 9.93. The van der Waals surface area contributed by atoms with Crippen LogP contribution in [-0.4, -0.2) is 59.2 Å². The largest absolute Gasteiger partial charge is 0.343 e. The highest BCUT2D eigenvalue weighted by molar-refractivity contribution is 5.97. The quantitative estimate of drug-likeness (QED) is 0.726. The molecule has 7 nitrogen and oxygen atoms in total. The fourth-order valence-electron chi connectivity index (χ4n) is 2.10. The van der Waals surface area contributed by atoms with E-state index in [0.29, 0.717) is 24.3 Å². The van der Waals surface area contributed by atoms with Crippen molar-refractivity contribution >= 4 is 11.8 Å². The number of nitrogens with one attached hydrogen (secondary N) is 2. The summed E-state index contributed by atoms with van der Waals surface area (Å²) >= 11 is 0. The van der Waals surface area contributed by atoms with Crippen LogP contribution in [-0.2, 0) is 11.8 Å². The van der Waals surface area contributed by atoms with Gasteiger partial charge < -0.3 is 15.5 Å². The van der Waals surface area contributed by atoms with Crippen molar-refractivity contribution in [2.45, 2.75) is 6.92 Å². The van der Waals surface area contributed by atoms with E-state index in [9.17, 15) is 9.59 Å². The minimum absolute atomic E-state index is 0.0349. The number of rotatable bonds is 3. The van der Waals surface area contributed by atoms with Crippen LogP contribution in [0.25, 0.3) is 0 Å². The molecule has 0 radical (unpaired) electrons. The zero-order valence-electron chi connectivity index (χ0n) is 11.3. The summed E-state index contributed by atoms with van der Waals surface area (Å²) in [5.74, 6) is -0.300. The molecule has 7 heteroatoms. The Bertz CT molecular complexity index is 476. The molecule has 0 bridgehead atoms. The minimum Gasteiger partial charge on any atom is -0.343 e. The fraction of sp³-hybridized carbons (Fsp3) is 0.583. The first-order chi connectivity index (χ1) is 9.08. The van der Waals surface area contributed by atoms with Crippen LogP contribution in [0.2, 0.25) is 0 Å². The van der Waals surface area contributed by atoms with E-state index >= 15 is 0 Å². The lowest BCUT2D eigenvalue weighted by Crippen LogP contribution is -2.49. The van der Waals surface area contributed by atoms with Crippen LogP contribution < -0.4 is 10.6 Å². The molecule has 0 atom stereocenters. The third-order valence-electron chi connectivity index (χ3n) is 3.13. The number of hydrogen-bond donors (Lipinski definition) is 2. The molecule has 2 N–H and O–H groups in total. The number of carbonyl (C=O) groups is 2. The smallest absolute Gasteiger partial charge is 0.255 e. The van der Waals surface area contributed by atoms with Crippen molar-refractivity contribution in [3.05, 3.63) is 17.5 Å². The maximum Gasteiger partial charge on any atom is 0.255 e. The van der Waals surface area contributed by atoms with Gasteiger partial charge in [-0.1, -0.05) is 0 Å². The molecule has 19 heavy (non-hydrogen) atoms. The zero-order valence-corrected chi connectivity index (χ0v) is 11.3. The number of hydrogen-bond acceptors (Lipinski definition) is 4. The molecule has 0 aliphatic carbocycles. The first-order valence-electron chi connectivity index (χ1n) is 6.35. The van der Waals surface area contributed by atoms with E-state index < -0.39 is 0 Å². The van der Waals surface area contributed by atoms with Gasteiger partial charge in [-0.15, -0.1) is 0 Å². The first kappa shape index (κ1) is 13.5. The number of carbonyl (C=O) groups excluding carboxylic acids is 2. The van der Waals surface area contributed by atoms with Crippen molar-refractivity contribution in [3.8, 4) is 0 Å². The molecular formula is C12H19N5O2. The van der Waals surface area contributed by atoms with Crippen LogP contribution in [0.1, 0.15) is 16.1 Å². The normalized spacial score (nSPS) is 15.4. The van der Waals surface area contributed by atoms with Gasteiger partial charge in [0.2, 0.25) is 5.91 Å². The number of nitrogens with zero attached hydrogens (tertiary/aromatic N) is 3. The summed E-state index contributed by atoms with van der Waals surface area (Å²) in [6.45, 7) is 4.81. The topological polar surface area (TPSA) is 79.3 Å². The Hall–Kier alpha value is -1.89. The van der Waals surface area contributed by atoms with Crippen LogP contribution in [0.3, 0.4) is 0 Å². The van der Waals surface area contributed by atoms with Gasteiger partial charge in [0, 0.05) is 39.4 Å². The monoisotopic (exact) mass is 265 g/mol. The summed E-state index contributed by atoms with van der Waals surface area (Å²) in [7, 11) is 1.76. The molecule has 2 amide bonds. The summed E-state index contributed by atoms with van der Waals surface area (Å²) < 4.78 is 1.59. The van der Waals surface area contributed by atoms with E-state index in [4.69, 9.17) is 0 Å². The van der Waals surface area contributed by atoms with E-state index in [1.54, 1.807) is 29.7 Å². The predicted molar refractivity (Wildman–Crippen MR) is 69.7 cm³/mol. The molecule has 1 saturated heterocycles. The molecule has 0 unspecified atom stereocenters. The molecule has 1 aliphatic heterocycles. The van der Waals surface area contributed by atoms with Gasteiger partial charge in [0.1, 0.15) is 0 Å². The Labute approximate surface area is 111 Å². The third kappa shape index (κ3) is 3.31. The highest BCUT2D eigenvalue weighted by atomic mass is 16.2. The molecular weight excluding hydrogens is 246 g/mol. The standard InChI is InChI=1S/C12H19N5O2/c1-9-10(8-16(2)15-9)12(19)14-7-11(18)17-5-3-13-4-6-17/h8,13H,3-7H2,1-2H3,(H,14,19). The number of piperazine rings is 1. The van der Waals surface area contributed by atoms with Crippen molar-refractivity contribution in [3.63, 3.8) is 0 Å². The second-order valence-corrected chi connectivity index (χ2v) is 4.62. The average Bonchev–Trinajstić information content (AvgIpc) is 2.75. The van der Waals surface area contributed by atoms with Gasteiger partial charge in [0.15, 0.2) is 0 Å². The van der Waals surface area contributed by atoms with Crippen LogP contribution in [0.15, 0.2) is 6.20 Å². The minimum atomic E-state index is -0.255. The fourth-order valence-corrected chi connectivity index (χ4v) is 2.10. The highest BCUT2D eigenvalue weighted by Gasteiger charge is 2.18. The number of aromatic nitrogens is 2. The Balaban J connectivity index is 1.86. The van der Waals surface area contributed by atoms with Gasteiger partial charge in [-0.2, -0.15) is 5.10 Å². The lowest BCUT2D eigenvalue weighted by atomic mass is 10.2. The molecule has 2 heterocycles. The van der Waals surface area contributed by atoms with E-state index in [1.807, 2.05) is 0 Å². The van der Waals surface area contributed by atoms with Crippen LogP contribution in [0, 0.1) is 6.92 Å². The van der Waals surface area contributed by atoms with Gasteiger partial charge in [-0.3, -0.25) is 14.3 Å². The van der Waals surface area contributed by atoms with Crippen molar-refractivity contribution < 1.29 is 9.59 Å². The zero-order chi connectivity index (χ0) is 13.8. The first-order valence-corrected chi connectivity index (χ1v) is 6.35. The average molecular weight is 265 g/mol. The predicted octanol–water partition coefficient (Wildman–Crippen LogP) is -1.11. The van der Waals surface area contributed by atoms with E-state index in [-0.39, 0.29) is 18.4 Å². The van der Waals surface area contributed by atoms with E-state index in [1.165, 1.54) is 0 Å². The van der Waals surface area contributed by atoms with Gasteiger partial charge in [-0.25, -0.2) is 0 Å². The lowest BCUT2D eigenvalue weighted by molar-refractivity contribution is -0.130. The van der Waals surface area contributed by atoms with E-state index in [2.05, 4.69) is 15.7 Å². The summed E-state index contributed by atoms with van der Waals surface area (Å²) in [4.78, 5) is 25.6. The van der Waals surface area contributed by atoms with Crippen LogP contribution in [0.5, 0.6) is 0 Å². The maximum atomic E-state index is 11.9. The number of aryl methyl sites for hydroxylation is 2. The Kier molecular flexibility index (Phi) is 4.16. The molecule has 0 aromatic carbocycles. The second-order valence-electron chi connectivity index (χ2n) is 4.62. The molecule has 1 aromatic rings. The summed E-state index contributed by atoms with van der Waals surface area (Å²) in [6.07, 6.45) is 1.65. The Morgan fingerprint density at radius 2 is 2.11 bits per heavy atom. The van der Waals surface area contributed by atoms with Crippen molar-refractivity contribution in [1.82, 2.24) is 25.3 Å². The molecule has 1 aliphatic rings. The maximum absolute atomic E-state index is 11.9. The molecule has 104 valence electrons. The lowest BCUT2D eigenvalue weighted by Gasteiger charge is -2.27. The highest BCUT2D eigenvalue weighted by Crippen LogP contribution is 2.04. The molecule has 1 fully saturated rings. The Morgan fingerprint density at radius 1 is 1.42 bits per heavy atom. The SMILES string of the molecule is Cc1nn(C)cc1C(=O)NCC(=O)N1CCNCC1. The molecule has 2 rings (SSSR count). The van der Waals surface area contributed by atoms with Gasteiger partial charge in [0.05, 0.1) is 17.8 Å². The Morgan fingerprint density at radius 3 is 2.68 bits per heavy atom. The number of amides is 2. The van der Waals surface area contributed by atoms with E-state index in [0.717, 1.165) is 13.1 Å². The third-order valence-corrected chi connectivity index (χ3v) is 3.13. The summed E-state index contributed by atoms with van der Waals surface area (Å²) in [5.41, 5.74) is 1.17. The molecule has 1 aromatic heterocycles. The van der Waals surface area contributed by atoms with Crippen molar-refractivity contribution in [2.24, 2.45) is 7.05 Å². The van der Waals surface area contributed by atoms with Gasteiger partial charge >= 0.3 is 0 Å². The van der Waals surface area contributed by atoms with Crippen molar-refractivity contribution in [1.29, 1.82) is 0 Å². The second kappa shape index (κ2) is 5.83. The van der Waals surface area contributed by atoms with Gasteiger partial charge in [0.25, 0.3) is 5.91 Å². The van der Waals surface area contributed by atoms with Crippen LogP contribution >= 0.6 is 0 Å². The summed E-state index contributed by atoms with van der Waals surface area (Å²) in [6, 6.07) is 0.